The second-order valence-electron chi connectivity index (χ2n) is 5.05. The lowest BCUT2D eigenvalue weighted by Crippen LogP contribution is -2.19. The lowest BCUT2D eigenvalue weighted by Gasteiger charge is -2.01. The van der Waals surface area contributed by atoms with Crippen LogP contribution in [0.3, 0.4) is 0 Å². The first-order chi connectivity index (χ1) is 11.4. The summed E-state index contributed by atoms with van der Waals surface area (Å²) in [6, 6.07) is 9.70. The number of carbonyl (C=O) groups excluding carboxylic acids is 1. The normalized spacial score (nSPS) is 17.6. The summed E-state index contributed by atoms with van der Waals surface area (Å²) in [4.78, 5) is 16.8. The fraction of sp³-hybridized carbons (Fsp3) is 0.0588. The Morgan fingerprint density at radius 3 is 2.79 bits per heavy atom. The molecule has 0 spiro atoms. The van der Waals surface area contributed by atoms with Crippen LogP contribution >= 0.6 is 35.0 Å². The topological polar surface area (TPSA) is 41.5 Å². The number of nitrogens with zero attached hydrogens (tertiary/aromatic N) is 1. The van der Waals surface area contributed by atoms with Gasteiger partial charge < -0.3 is 5.32 Å². The van der Waals surface area contributed by atoms with Gasteiger partial charge in [-0.3, -0.25) is 4.79 Å². The average molecular weight is 381 g/mol. The summed E-state index contributed by atoms with van der Waals surface area (Å²) >= 11 is 13.1. The number of aliphatic imine (C=N–C) groups is 1. The molecule has 0 bridgehead atoms. The Kier molecular flexibility index (Phi) is 4.94. The van der Waals surface area contributed by atoms with Crippen molar-refractivity contribution in [3.63, 3.8) is 0 Å². The van der Waals surface area contributed by atoms with E-state index < -0.39 is 5.82 Å². The lowest BCUT2D eigenvalue weighted by molar-refractivity contribution is -0.115. The maximum atomic E-state index is 13.9. The molecule has 3 nitrogen and oxygen atoms in total. The van der Waals surface area contributed by atoms with E-state index >= 15 is 0 Å². The van der Waals surface area contributed by atoms with Crippen molar-refractivity contribution in [3.8, 4) is 0 Å². The van der Waals surface area contributed by atoms with Crippen molar-refractivity contribution in [1.82, 2.24) is 5.32 Å². The predicted molar refractivity (Wildman–Crippen MR) is 98.4 cm³/mol. The first kappa shape index (κ1) is 17.0. The molecule has 3 rings (SSSR count). The van der Waals surface area contributed by atoms with E-state index in [2.05, 4.69) is 10.3 Å². The summed E-state index contributed by atoms with van der Waals surface area (Å²) in [6.45, 7) is 1.90. The Bertz CT molecular complexity index is 876. The van der Waals surface area contributed by atoms with Gasteiger partial charge >= 0.3 is 0 Å². The first-order valence-corrected chi connectivity index (χ1v) is 8.51. The van der Waals surface area contributed by atoms with Crippen LogP contribution < -0.4 is 5.32 Å². The molecular weight excluding hydrogens is 370 g/mol. The Labute approximate surface area is 152 Å². The van der Waals surface area contributed by atoms with Gasteiger partial charge in [-0.1, -0.05) is 35.3 Å². The molecule has 2 aromatic carbocycles. The lowest BCUT2D eigenvalue weighted by atomic mass is 10.2. The smallest absolute Gasteiger partial charge is 0.264 e. The molecule has 1 saturated heterocycles. The highest BCUT2D eigenvalue weighted by Crippen LogP contribution is 2.32. The molecule has 1 fully saturated rings. The Morgan fingerprint density at radius 1 is 1.25 bits per heavy atom. The minimum atomic E-state index is -0.487. The largest absolute Gasteiger partial charge is 0.300 e. The molecule has 1 heterocycles. The van der Waals surface area contributed by atoms with Crippen LogP contribution in [-0.4, -0.2) is 11.1 Å². The molecule has 0 saturated carbocycles. The second-order valence-corrected chi connectivity index (χ2v) is 6.92. The number of thioether (sulfide) groups is 1. The van der Waals surface area contributed by atoms with Gasteiger partial charge in [-0.05, 0) is 54.6 Å². The fourth-order valence-corrected chi connectivity index (χ4v) is 3.27. The molecule has 7 heteroatoms. The molecule has 0 aromatic heterocycles. The van der Waals surface area contributed by atoms with E-state index in [0.717, 1.165) is 17.3 Å². The first-order valence-electron chi connectivity index (χ1n) is 6.94. The molecule has 24 heavy (non-hydrogen) atoms. The van der Waals surface area contributed by atoms with E-state index in [9.17, 15) is 9.18 Å². The second kappa shape index (κ2) is 6.97. The van der Waals surface area contributed by atoms with Crippen LogP contribution in [0.2, 0.25) is 10.0 Å². The molecule has 0 aliphatic carbocycles. The van der Waals surface area contributed by atoms with Gasteiger partial charge in [0.15, 0.2) is 5.17 Å². The van der Waals surface area contributed by atoms with Gasteiger partial charge in [0.05, 0.1) is 15.6 Å². The number of benzene rings is 2. The molecule has 0 unspecified atom stereocenters. The highest BCUT2D eigenvalue weighted by molar-refractivity contribution is 8.18. The minimum Gasteiger partial charge on any atom is -0.300 e. The van der Waals surface area contributed by atoms with Crippen molar-refractivity contribution in [1.29, 1.82) is 0 Å². The van der Waals surface area contributed by atoms with Crippen LogP contribution in [0.4, 0.5) is 10.1 Å². The van der Waals surface area contributed by atoms with Gasteiger partial charge in [0.1, 0.15) is 5.82 Å². The summed E-state index contributed by atoms with van der Waals surface area (Å²) in [5.41, 5.74) is 1.77. The number of nitrogens with one attached hydrogen (secondary N) is 1. The average Bonchev–Trinajstić information content (AvgIpc) is 2.86. The van der Waals surface area contributed by atoms with Crippen LogP contribution in [0.25, 0.3) is 6.08 Å². The monoisotopic (exact) mass is 380 g/mol. The minimum absolute atomic E-state index is 0.178. The summed E-state index contributed by atoms with van der Waals surface area (Å²) < 4.78 is 13.9. The van der Waals surface area contributed by atoms with E-state index in [1.165, 1.54) is 18.2 Å². The third-order valence-corrected chi connectivity index (χ3v) is 4.79. The molecule has 1 amide bonds. The molecule has 1 aliphatic rings. The number of aryl methyl sites for hydroxylation is 1. The van der Waals surface area contributed by atoms with Crippen molar-refractivity contribution in [3.05, 3.63) is 68.3 Å². The number of carbonyl (C=O) groups is 1. The zero-order valence-electron chi connectivity index (χ0n) is 12.4. The summed E-state index contributed by atoms with van der Waals surface area (Å²) in [5.74, 6) is -0.836. The van der Waals surface area contributed by atoms with Crippen LogP contribution in [0, 0.1) is 12.7 Å². The number of hydrogen-bond acceptors (Lipinski definition) is 3. The standard InChI is InChI=1S/C17H11Cl2FN2OS/c1-9-5-6-10(18)7-14(9)21-17-22-16(23)15(24-17)8-11-12(19)3-2-4-13(11)20/h2-8H,1H3,(H,21,22,23)/b15-8-. The number of amides is 1. The maximum absolute atomic E-state index is 13.9. The van der Waals surface area contributed by atoms with Crippen molar-refractivity contribution < 1.29 is 9.18 Å². The quantitative estimate of drug-likeness (QED) is 0.715. The molecule has 0 radical (unpaired) electrons. The van der Waals surface area contributed by atoms with Crippen LogP contribution in [0.5, 0.6) is 0 Å². The highest BCUT2D eigenvalue weighted by Gasteiger charge is 2.24. The molecule has 2 aromatic rings. The molecule has 0 atom stereocenters. The number of rotatable bonds is 2. The number of halogens is 3. The van der Waals surface area contributed by atoms with Gasteiger partial charge in [-0.2, -0.15) is 0 Å². The Morgan fingerprint density at radius 2 is 2.04 bits per heavy atom. The van der Waals surface area contributed by atoms with Crippen molar-refractivity contribution in [2.45, 2.75) is 6.92 Å². The maximum Gasteiger partial charge on any atom is 0.264 e. The van der Waals surface area contributed by atoms with Crippen LogP contribution in [0.15, 0.2) is 46.3 Å². The van der Waals surface area contributed by atoms with Gasteiger partial charge in [-0.15, -0.1) is 0 Å². The van der Waals surface area contributed by atoms with Gasteiger partial charge in [0.25, 0.3) is 5.91 Å². The van der Waals surface area contributed by atoms with E-state index in [-0.39, 0.29) is 16.5 Å². The van der Waals surface area contributed by atoms with E-state index in [1.807, 2.05) is 13.0 Å². The zero-order valence-corrected chi connectivity index (χ0v) is 14.8. The van der Waals surface area contributed by atoms with E-state index in [1.54, 1.807) is 18.2 Å². The molecule has 1 aliphatic heterocycles. The molecule has 122 valence electrons. The highest BCUT2D eigenvalue weighted by atomic mass is 35.5. The Balaban J connectivity index is 1.92. The third kappa shape index (κ3) is 3.64. The van der Waals surface area contributed by atoms with Gasteiger partial charge in [0.2, 0.25) is 0 Å². The summed E-state index contributed by atoms with van der Waals surface area (Å²) in [5, 5.41) is 3.86. The van der Waals surface area contributed by atoms with Gasteiger partial charge in [0, 0.05) is 10.6 Å². The summed E-state index contributed by atoms with van der Waals surface area (Å²) in [7, 11) is 0. The van der Waals surface area contributed by atoms with Crippen LogP contribution in [-0.2, 0) is 4.79 Å². The van der Waals surface area contributed by atoms with Crippen molar-refractivity contribution >= 4 is 57.8 Å². The predicted octanol–water partition coefficient (Wildman–Crippen LogP) is 5.33. The van der Waals surface area contributed by atoms with Crippen molar-refractivity contribution in [2.75, 3.05) is 0 Å². The van der Waals surface area contributed by atoms with E-state index in [4.69, 9.17) is 23.2 Å². The van der Waals surface area contributed by atoms with Crippen LogP contribution in [0.1, 0.15) is 11.1 Å². The van der Waals surface area contributed by atoms with Gasteiger partial charge in [-0.25, -0.2) is 9.38 Å². The van der Waals surface area contributed by atoms with E-state index in [0.29, 0.717) is 20.8 Å². The molecular formula is C17H11Cl2FN2OS. The fourth-order valence-electron chi connectivity index (χ4n) is 2.07. The number of hydrogen-bond donors (Lipinski definition) is 1. The summed E-state index contributed by atoms with van der Waals surface area (Å²) in [6.07, 6.45) is 1.42. The number of amidine groups is 1. The SMILES string of the molecule is Cc1ccc(Cl)cc1N=C1NC(=O)/C(=C/c2c(F)cccc2Cl)S1. The van der Waals surface area contributed by atoms with Crippen molar-refractivity contribution in [2.24, 2.45) is 4.99 Å². The Hall–Kier alpha value is -1.82. The molecule has 1 N–H and O–H groups in total. The third-order valence-electron chi connectivity index (χ3n) is 3.32. The zero-order chi connectivity index (χ0) is 17.3.